The molecule has 41 heavy (non-hydrogen) atoms. The largest absolute Gasteiger partial charge is 0.465 e. The molecule has 4 aliphatic rings. The molecule has 1 N–H and O–H groups in total. The van der Waals surface area contributed by atoms with E-state index in [9.17, 15) is 19.5 Å². The fourth-order valence-corrected chi connectivity index (χ4v) is 7.18. The molecule has 7 atom stereocenters. The van der Waals surface area contributed by atoms with E-state index in [2.05, 4.69) is 18.1 Å². The third-order valence-electron chi connectivity index (χ3n) is 9.59. The van der Waals surface area contributed by atoms with Gasteiger partial charge in [0.2, 0.25) is 11.8 Å². The van der Waals surface area contributed by atoms with Crippen LogP contribution in [0.4, 0.5) is 0 Å². The fourth-order valence-electron chi connectivity index (χ4n) is 7.18. The van der Waals surface area contributed by atoms with Crippen molar-refractivity contribution in [2.75, 3.05) is 59.2 Å². The molecule has 0 aromatic rings. The average molecular weight is 576 g/mol. The van der Waals surface area contributed by atoms with Gasteiger partial charge < -0.3 is 29.1 Å². The molecule has 1 spiro atoms. The standard InChI is InChI=1S/C31H49N3O7/c1-5-8-9-10-18-40-30(38)25-24-11-12-31(41-24)26(25)28(36)34(23(21-35)22(4)7-3)27(31)29(37)33(13-6-2)15-14-32-16-19-39-20-17-32/h5-6,22-27,35H,1-2,7-21H2,3-4H3/t22-,23-,24+,25-,26-,27?,31?/m0/s1. The summed E-state index contributed by atoms with van der Waals surface area (Å²) in [6.45, 7) is 16.0. The minimum atomic E-state index is -1.12. The number of nitrogens with zero attached hydrogens (tertiary/aromatic N) is 3. The van der Waals surface area contributed by atoms with Crippen molar-refractivity contribution in [1.82, 2.24) is 14.7 Å². The second-order valence-corrected chi connectivity index (χ2v) is 11.9. The number of aliphatic hydroxyl groups is 1. The molecule has 2 bridgehead atoms. The van der Waals surface area contributed by atoms with Crippen molar-refractivity contribution in [3.8, 4) is 0 Å². The first-order chi connectivity index (χ1) is 19.8. The number of likely N-dealkylation sites (tertiary alicyclic amines) is 1. The molecule has 2 unspecified atom stereocenters. The fraction of sp³-hybridized carbons (Fsp3) is 0.774. The van der Waals surface area contributed by atoms with Gasteiger partial charge in [-0.15, -0.1) is 13.2 Å². The minimum Gasteiger partial charge on any atom is -0.465 e. The summed E-state index contributed by atoms with van der Waals surface area (Å²) in [5.74, 6) is -2.54. The number of hydrogen-bond acceptors (Lipinski definition) is 8. The second-order valence-electron chi connectivity index (χ2n) is 11.9. The van der Waals surface area contributed by atoms with E-state index in [0.29, 0.717) is 52.1 Å². The van der Waals surface area contributed by atoms with Crippen molar-refractivity contribution in [3.05, 3.63) is 25.3 Å². The lowest BCUT2D eigenvalue weighted by atomic mass is 9.70. The highest BCUT2D eigenvalue weighted by Crippen LogP contribution is 2.59. The summed E-state index contributed by atoms with van der Waals surface area (Å²) in [4.78, 5) is 47.9. The normalized spacial score (nSPS) is 30.6. The molecular weight excluding hydrogens is 526 g/mol. The highest BCUT2D eigenvalue weighted by Gasteiger charge is 2.75. The third kappa shape index (κ3) is 6.26. The van der Waals surface area contributed by atoms with Crippen LogP contribution < -0.4 is 0 Å². The zero-order valence-electron chi connectivity index (χ0n) is 24.9. The molecule has 4 aliphatic heterocycles. The van der Waals surface area contributed by atoms with Crippen molar-refractivity contribution >= 4 is 17.8 Å². The Balaban J connectivity index is 1.62. The van der Waals surface area contributed by atoms with E-state index in [-0.39, 0.29) is 30.9 Å². The molecule has 2 amide bonds. The van der Waals surface area contributed by atoms with E-state index < -0.39 is 41.6 Å². The summed E-state index contributed by atoms with van der Waals surface area (Å²) < 4.78 is 17.7. The Morgan fingerprint density at radius 2 is 2.00 bits per heavy atom. The number of carbonyl (C=O) groups excluding carboxylic acids is 3. The van der Waals surface area contributed by atoms with Crippen molar-refractivity contribution < 1.29 is 33.7 Å². The Hall–Kier alpha value is -2.27. The molecule has 4 fully saturated rings. The number of carbonyl (C=O) groups is 3. The molecule has 10 nitrogen and oxygen atoms in total. The van der Waals surface area contributed by atoms with Gasteiger partial charge in [-0.3, -0.25) is 19.3 Å². The number of aliphatic hydroxyl groups excluding tert-OH is 1. The molecule has 0 radical (unpaired) electrons. The number of fused-ring (bicyclic) bond motifs is 1. The predicted molar refractivity (Wildman–Crippen MR) is 154 cm³/mol. The van der Waals surface area contributed by atoms with Crippen molar-refractivity contribution in [2.24, 2.45) is 17.8 Å². The lowest BCUT2D eigenvalue weighted by Gasteiger charge is -2.41. The number of ether oxygens (including phenoxy) is 3. The maximum absolute atomic E-state index is 14.5. The van der Waals surface area contributed by atoms with E-state index in [4.69, 9.17) is 14.2 Å². The van der Waals surface area contributed by atoms with Crippen LogP contribution in [0.5, 0.6) is 0 Å². The molecule has 0 saturated carbocycles. The molecule has 0 aromatic carbocycles. The van der Waals surface area contributed by atoms with Crippen LogP contribution >= 0.6 is 0 Å². The Morgan fingerprint density at radius 1 is 1.24 bits per heavy atom. The van der Waals surface area contributed by atoms with Gasteiger partial charge in [-0.05, 0) is 38.0 Å². The van der Waals surface area contributed by atoms with Gasteiger partial charge in [-0.25, -0.2) is 0 Å². The van der Waals surface area contributed by atoms with Gasteiger partial charge in [-0.1, -0.05) is 32.4 Å². The highest BCUT2D eigenvalue weighted by atomic mass is 16.6. The van der Waals surface area contributed by atoms with Gasteiger partial charge in [0.15, 0.2) is 0 Å². The minimum absolute atomic E-state index is 0.0526. The average Bonchev–Trinajstić information content (AvgIpc) is 3.63. The second kappa shape index (κ2) is 14.3. The topological polar surface area (TPSA) is 109 Å². The van der Waals surface area contributed by atoms with Crippen LogP contribution in [0.25, 0.3) is 0 Å². The number of rotatable bonds is 16. The van der Waals surface area contributed by atoms with Crippen LogP contribution in [0.15, 0.2) is 25.3 Å². The summed E-state index contributed by atoms with van der Waals surface area (Å²) in [5, 5.41) is 10.5. The number of hydrogen-bond donors (Lipinski definition) is 1. The third-order valence-corrected chi connectivity index (χ3v) is 9.59. The maximum Gasteiger partial charge on any atom is 0.312 e. The van der Waals surface area contributed by atoms with Crippen LogP contribution in [0.1, 0.15) is 52.4 Å². The zero-order chi connectivity index (χ0) is 29.6. The monoisotopic (exact) mass is 575 g/mol. The van der Waals surface area contributed by atoms with Crippen molar-refractivity contribution in [2.45, 2.75) is 76.2 Å². The van der Waals surface area contributed by atoms with Gasteiger partial charge in [0.1, 0.15) is 11.6 Å². The van der Waals surface area contributed by atoms with Gasteiger partial charge in [0.05, 0.1) is 50.4 Å². The van der Waals surface area contributed by atoms with E-state index >= 15 is 0 Å². The summed E-state index contributed by atoms with van der Waals surface area (Å²) >= 11 is 0. The molecule has 4 saturated heterocycles. The van der Waals surface area contributed by atoms with E-state index in [1.165, 1.54) is 0 Å². The van der Waals surface area contributed by atoms with E-state index in [0.717, 1.165) is 32.4 Å². The Bertz CT molecular complexity index is 954. The Labute approximate surface area is 244 Å². The summed E-state index contributed by atoms with van der Waals surface area (Å²) in [7, 11) is 0. The Kier molecular flexibility index (Phi) is 11.0. The maximum atomic E-state index is 14.5. The number of morpholine rings is 1. The molecule has 0 aliphatic carbocycles. The first-order valence-corrected chi connectivity index (χ1v) is 15.4. The van der Waals surface area contributed by atoms with Crippen molar-refractivity contribution in [1.29, 1.82) is 0 Å². The molecule has 230 valence electrons. The molecule has 4 rings (SSSR count). The quantitative estimate of drug-likeness (QED) is 0.169. The lowest BCUT2D eigenvalue weighted by molar-refractivity contribution is -0.157. The molecule has 10 heteroatoms. The number of unbranched alkanes of at least 4 members (excludes halogenated alkanes) is 2. The summed E-state index contributed by atoms with van der Waals surface area (Å²) in [6.07, 6.45) is 7.33. The SMILES string of the molecule is C=CCCCCOC(=O)[C@@H]1[C@H]2C(=O)N([C@@H](CO)[C@@H](C)CC)C(C(=O)N(CC=C)CCN3CCOCC3)C23CC[C@H]1O3. The number of esters is 1. The molecule has 4 heterocycles. The Morgan fingerprint density at radius 3 is 2.66 bits per heavy atom. The summed E-state index contributed by atoms with van der Waals surface area (Å²) in [6, 6.07) is -1.49. The first-order valence-electron chi connectivity index (χ1n) is 15.4. The first kappa shape index (κ1) is 31.7. The zero-order valence-corrected chi connectivity index (χ0v) is 24.9. The highest BCUT2D eigenvalue weighted by molar-refractivity contribution is 5.98. The smallest absolute Gasteiger partial charge is 0.312 e. The number of amides is 2. The van der Waals surface area contributed by atoms with Crippen LogP contribution in [-0.4, -0.2) is 121 Å². The van der Waals surface area contributed by atoms with Crippen LogP contribution in [0.3, 0.4) is 0 Å². The van der Waals surface area contributed by atoms with Crippen LogP contribution in [0.2, 0.25) is 0 Å². The number of allylic oxidation sites excluding steroid dienone is 1. The predicted octanol–water partition coefficient (Wildman–Crippen LogP) is 2.01. The van der Waals surface area contributed by atoms with Gasteiger partial charge in [0.25, 0.3) is 0 Å². The molecular formula is C31H49N3O7. The molecule has 0 aromatic heterocycles. The lowest BCUT2D eigenvalue weighted by Crippen LogP contribution is -2.60. The van der Waals surface area contributed by atoms with Crippen LogP contribution in [0, 0.1) is 17.8 Å². The van der Waals surface area contributed by atoms with Gasteiger partial charge in [-0.2, -0.15) is 0 Å². The summed E-state index contributed by atoms with van der Waals surface area (Å²) in [5.41, 5.74) is -1.12. The van der Waals surface area contributed by atoms with Crippen LogP contribution in [-0.2, 0) is 28.6 Å². The van der Waals surface area contributed by atoms with E-state index in [1.54, 1.807) is 15.9 Å². The van der Waals surface area contributed by atoms with E-state index in [1.807, 2.05) is 19.9 Å². The van der Waals surface area contributed by atoms with Gasteiger partial charge in [0, 0.05) is 32.7 Å². The van der Waals surface area contributed by atoms with Gasteiger partial charge >= 0.3 is 5.97 Å². The van der Waals surface area contributed by atoms with Crippen molar-refractivity contribution in [3.63, 3.8) is 0 Å².